The van der Waals surface area contributed by atoms with Gasteiger partial charge < -0.3 is 10.1 Å². The smallest absolute Gasteiger partial charge is 0.119 e. The van der Waals surface area contributed by atoms with Crippen LogP contribution >= 0.6 is 34.2 Å². The molecule has 0 saturated carbocycles. The standard InChI is InChI=1S/C17H19ClINO/c1-11(2)21-14-7-4-12(5-8-14)17(20-3)15-10-13(18)6-9-16(15)19/h4-11,17,20H,1-3H3. The zero-order valence-corrected chi connectivity index (χ0v) is 15.3. The van der Waals surface area contributed by atoms with Gasteiger partial charge in [0.2, 0.25) is 0 Å². The van der Waals surface area contributed by atoms with E-state index in [4.69, 9.17) is 16.3 Å². The Morgan fingerprint density at radius 2 is 1.76 bits per heavy atom. The highest BCUT2D eigenvalue weighted by Gasteiger charge is 2.15. The normalized spacial score (nSPS) is 12.5. The summed E-state index contributed by atoms with van der Waals surface area (Å²) in [5, 5.41) is 4.11. The summed E-state index contributed by atoms with van der Waals surface area (Å²) < 4.78 is 6.88. The first kappa shape index (κ1) is 16.6. The third kappa shape index (κ3) is 4.34. The first-order chi connectivity index (χ1) is 10.0. The molecule has 0 amide bonds. The second-order valence-electron chi connectivity index (χ2n) is 5.12. The quantitative estimate of drug-likeness (QED) is 0.691. The molecule has 0 aliphatic heterocycles. The molecular formula is C17H19ClINO. The lowest BCUT2D eigenvalue weighted by Crippen LogP contribution is -2.18. The second kappa shape index (κ2) is 7.47. The van der Waals surface area contributed by atoms with Gasteiger partial charge in [0.25, 0.3) is 0 Å². The molecule has 1 N–H and O–H groups in total. The second-order valence-corrected chi connectivity index (χ2v) is 6.72. The van der Waals surface area contributed by atoms with E-state index in [1.54, 1.807) is 0 Å². The van der Waals surface area contributed by atoms with Crippen LogP contribution < -0.4 is 10.1 Å². The molecule has 21 heavy (non-hydrogen) atoms. The van der Waals surface area contributed by atoms with E-state index >= 15 is 0 Å². The summed E-state index contributed by atoms with van der Waals surface area (Å²) in [5.74, 6) is 0.893. The van der Waals surface area contributed by atoms with Gasteiger partial charge in [-0.25, -0.2) is 0 Å². The predicted molar refractivity (Wildman–Crippen MR) is 97.3 cm³/mol. The fourth-order valence-corrected chi connectivity index (χ4v) is 3.08. The van der Waals surface area contributed by atoms with Crippen LogP contribution in [-0.2, 0) is 0 Å². The minimum absolute atomic E-state index is 0.115. The summed E-state index contributed by atoms with van der Waals surface area (Å²) in [5.41, 5.74) is 2.37. The van der Waals surface area contributed by atoms with E-state index in [1.165, 1.54) is 14.7 Å². The lowest BCUT2D eigenvalue weighted by molar-refractivity contribution is 0.242. The lowest BCUT2D eigenvalue weighted by Gasteiger charge is -2.20. The molecule has 0 heterocycles. The van der Waals surface area contributed by atoms with E-state index in [0.717, 1.165) is 10.8 Å². The number of halogens is 2. The van der Waals surface area contributed by atoms with Crippen molar-refractivity contribution in [3.63, 3.8) is 0 Å². The molecule has 0 aliphatic rings. The largest absolute Gasteiger partial charge is 0.491 e. The third-order valence-electron chi connectivity index (χ3n) is 3.14. The van der Waals surface area contributed by atoms with E-state index in [1.807, 2.05) is 51.2 Å². The van der Waals surface area contributed by atoms with Gasteiger partial charge in [-0.15, -0.1) is 0 Å². The zero-order chi connectivity index (χ0) is 15.4. The van der Waals surface area contributed by atoms with Crippen molar-refractivity contribution in [2.24, 2.45) is 0 Å². The van der Waals surface area contributed by atoms with Gasteiger partial charge in [-0.05, 0) is 84.9 Å². The average Bonchev–Trinajstić information content (AvgIpc) is 2.44. The van der Waals surface area contributed by atoms with Gasteiger partial charge in [0, 0.05) is 8.59 Å². The van der Waals surface area contributed by atoms with Gasteiger partial charge in [-0.2, -0.15) is 0 Å². The third-order valence-corrected chi connectivity index (χ3v) is 4.36. The molecule has 2 nitrogen and oxygen atoms in total. The molecular weight excluding hydrogens is 397 g/mol. The van der Waals surface area contributed by atoms with E-state index < -0.39 is 0 Å². The van der Waals surface area contributed by atoms with Crippen molar-refractivity contribution < 1.29 is 4.74 Å². The molecule has 0 fully saturated rings. The van der Waals surface area contributed by atoms with Crippen molar-refractivity contribution in [1.82, 2.24) is 5.32 Å². The first-order valence-corrected chi connectivity index (χ1v) is 8.35. The Bertz CT molecular complexity index is 598. The lowest BCUT2D eigenvalue weighted by atomic mass is 9.99. The van der Waals surface area contributed by atoms with Crippen molar-refractivity contribution in [1.29, 1.82) is 0 Å². The number of hydrogen-bond acceptors (Lipinski definition) is 2. The van der Waals surface area contributed by atoms with Gasteiger partial charge in [0.1, 0.15) is 5.75 Å². The van der Waals surface area contributed by atoms with Crippen LogP contribution in [0.1, 0.15) is 31.0 Å². The van der Waals surface area contributed by atoms with Crippen molar-refractivity contribution in [2.75, 3.05) is 7.05 Å². The molecule has 4 heteroatoms. The highest BCUT2D eigenvalue weighted by molar-refractivity contribution is 14.1. The van der Waals surface area contributed by atoms with Crippen molar-refractivity contribution in [2.45, 2.75) is 26.0 Å². The minimum atomic E-state index is 0.115. The summed E-state index contributed by atoms with van der Waals surface area (Å²) in [4.78, 5) is 0. The van der Waals surface area contributed by atoms with Crippen LogP contribution in [0.15, 0.2) is 42.5 Å². The molecule has 112 valence electrons. The molecule has 0 saturated heterocycles. The Morgan fingerprint density at radius 3 is 2.33 bits per heavy atom. The van der Waals surface area contributed by atoms with Crippen LogP contribution in [0.4, 0.5) is 0 Å². The Labute approximate surface area is 145 Å². The number of benzene rings is 2. The van der Waals surface area contributed by atoms with Gasteiger partial charge in [0.05, 0.1) is 12.1 Å². The van der Waals surface area contributed by atoms with Crippen LogP contribution in [-0.4, -0.2) is 13.2 Å². The minimum Gasteiger partial charge on any atom is -0.491 e. The first-order valence-electron chi connectivity index (χ1n) is 6.90. The maximum atomic E-state index is 6.14. The van der Waals surface area contributed by atoms with Crippen LogP contribution in [0.5, 0.6) is 5.75 Å². The number of hydrogen-bond donors (Lipinski definition) is 1. The highest BCUT2D eigenvalue weighted by Crippen LogP contribution is 2.29. The van der Waals surface area contributed by atoms with Crippen molar-refractivity contribution in [3.05, 3.63) is 62.2 Å². The summed E-state index contributed by atoms with van der Waals surface area (Å²) >= 11 is 8.48. The van der Waals surface area contributed by atoms with Crippen molar-refractivity contribution in [3.8, 4) is 5.75 Å². The average molecular weight is 416 g/mol. The molecule has 1 unspecified atom stereocenters. The molecule has 2 aromatic carbocycles. The molecule has 0 aromatic heterocycles. The van der Waals surface area contributed by atoms with E-state index in [9.17, 15) is 0 Å². The highest BCUT2D eigenvalue weighted by atomic mass is 127. The Morgan fingerprint density at radius 1 is 1.10 bits per heavy atom. The van der Waals surface area contributed by atoms with Gasteiger partial charge in [0.15, 0.2) is 0 Å². The summed E-state index contributed by atoms with van der Waals surface area (Å²) in [6.07, 6.45) is 0.185. The van der Waals surface area contributed by atoms with E-state index in [0.29, 0.717) is 0 Å². The number of ether oxygens (including phenoxy) is 1. The van der Waals surface area contributed by atoms with E-state index in [-0.39, 0.29) is 12.1 Å². The van der Waals surface area contributed by atoms with Crippen LogP contribution in [0.25, 0.3) is 0 Å². The monoisotopic (exact) mass is 415 g/mol. The Kier molecular flexibility index (Phi) is 5.90. The SMILES string of the molecule is CNC(c1ccc(OC(C)C)cc1)c1cc(Cl)ccc1I. The molecule has 1 atom stereocenters. The fraction of sp³-hybridized carbons (Fsp3) is 0.294. The molecule has 2 aromatic rings. The molecule has 0 spiro atoms. The summed E-state index contributed by atoms with van der Waals surface area (Å²) in [7, 11) is 1.96. The van der Waals surface area contributed by atoms with Crippen LogP contribution in [0, 0.1) is 3.57 Å². The topological polar surface area (TPSA) is 21.3 Å². The molecule has 0 bridgehead atoms. The van der Waals surface area contributed by atoms with E-state index in [2.05, 4.69) is 40.0 Å². The fourth-order valence-electron chi connectivity index (χ4n) is 2.25. The molecule has 2 rings (SSSR count). The zero-order valence-electron chi connectivity index (χ0n) is 12.4. The number of nitrogens with one attached hydrogen (secondary N) is 1. The van der Waals surface area contributed by atoms with Crippen LogP contribution in [0.3, 0.4) is 0 Å². The molecule has 0 radical (unpaired) electrons. The van der Waals surface area contributed by atoms with Gasteiger partial charge in [-0.1, -0.05) is 23.7 Å². The Hall–Kier alpha value is -0.780. The van der Waals surface area contributed by atoms with Crippen molar-refractivity contribution >= 4 is 34.2 Å². The summed E-state index contributed by atoms with van der Waals surface area (Å²) in [6, 6.07) is 14.3. The van der Waals surface area contributed by atoms with Gasteiger partial charge in [-0.3, -0.25) is 0 Å². The van der Waals surface area contributed by atoms with Gasteiger partial charge >= 0.3 is 0 Å². The maximum Gasteiger partial charge on any atom is 0.119 e. The number of rotatable bonds is 5. The summed E-state index contributed by atoms with van der Waals surface area (Å²) in [6.45, 7) is 4.05. The Balaban J connectivity index is 2.31. The molecule has 0 aliphatic carbocycles. The maximum absolute atomic E-state index is 6.14. The predicted octanol–water partition coefficient (Wildman–Crippen LogP) is 5.04. The van der Waals surface area contributed by atoms with Crippen LogP contribution in [0.2, 0.25) is 5.02 Å².